The first-order valence-corrected chi connectivity index (χ1v) is 10.6. The highest BCUT2D eigenvalue weighted by Gasteiger charge is 2.31. The maximum absolute atomic E-state index is 14.5. The number of hydrogen-bond acceptors (Lipinski definition) is 8. The van der Waals surface area contributed by atoms with Gasteiger partial charge in [0.1, 0.15) is 11.6 Å². The van der Waals surface area contributed by atoms with Gasteiger partial charge in [-0.15, -0.1) is 0 Å². The standard InChI is InChI=1S/C23H22FN7O4/c1-12(19-17(24)3-2-6-27-19)31(9-14-5-4-13(7-28-14)21(26)32)23(34)22(33)30-18-8-29-20(25)16-11-35-10-15(16)18/h2-8,12H,9-11H2,1H3,(H2,25,29)(H2,26,32)(H,30,33). The van der Waals surface area contributed by atoms with Crippen LogP contribution in [-0.2, 0) is 34.1 Å². The van der Waals surface area contributed by atoms with Crippen LogP contribution in [-0.4, -0.2) is 37.6 Å². The highest BCUT2D eigenvalue weighted by atomic mass is 19.1. The van der Waals surface area contributed by atoms with E-state index in [1.807, 2.05) is 0 Å². The third kappa shape index (κ3) is 4.92. The Morgan fingerprint density at radius 2 is 1.91 bits per heavy atom. The van der Waals surface area contributed by atoms with Crippen molar-refractivity contribution in [3.05, 3.63) is 76.8 Å². The number of hydrogen-bond donors (Lipinski definition) is 3. The number of nitrogens with two attached hydrogens (primary N) is 2. The van der Waals surface area contributed by atoms with Gasteiger partial charge in [-0.25, -0.2) is 9.37 Å². The molecule has 0 radical (unpaired) electrons. The predicted molar refractivity (Wildman–Crippen MR) is 122 cm³/mol. The molecule has 0 fully saturated rings. The fourth-order valence-electron chi connectivity index (χ4n) is 3.68. The molecule has 0 bridgehead atoms. The molecule has 12 heteroatoms. The topological polar surface area (TPSA) is 166 Å². The minimum Gasteiger partial charge on any atom is -0.383 e. The van der Waals surface area contributed by atoms with Gasteiger partial charge in [0.2, 0.25) is 5.91 Å². The lowest BCUT2D eigenvalue weighted by atomic mass is 10.1. The molecular weight excluding hydrogens is 457 g/mol. The number of nitrogens with one attached hydrogen (secondary N) is 1. The second-order valence-corrected chi connectivity index (χ2v) is 7.84. The maximum atomic E-state index is 14.5. The second kappa shape index (κ2) is 9.81. The van der Waals surface area contributed by atoms with E-state index in [0.29, 0.717) is 22.5 Å². The van der Waals surface area contributed by atoms with Crippen molar-refractivity contribution in [2.24, 2.45) is 5.73 Å². The Labute approximate surface area is 199 Å². The van der Waals surface area contributed by atoms with Crippen molar-refractivity contribution in [2.75, 3.05) is 11.1 Å². The van der Waals surface area contributed by atoms with E-state index < -0.39 is 29.6 Å². The first-order valence-electron chi connectivity index (χ1n) is 10.6. The molecule has 3 amide bonds. The first kappa shape index (κ1) is 23.7. The molecule has 0 saturated heterocycles. The van der Waals surface area contributed by atoms with Gasteiger partial charge in [0.25, 0.3) is 0 Å². The van der Waals surface area contributed by atoms with E-state index in [0.717, 1.165) is 4.90 Å². The molecule has 0 aromatic carbocycles. The molecule has 0 saturated carbocycles. The van der Waals surface area contributed by atoms with Gasteiger partial charge in [-0.3, -0.25) is 24.4 Å². The van der Waals surface area contributed by atoms with Crippen molar-refractivity contribution in [1.82, 2.24) is 19.9 Å². The van der Waals surface area contributed by atoms with E-state index in [4.69, 9.17) is 16.2 Å². The maximum Gasteiger partial charge on any atom is 0.313 e. The smallest absolute Gasteiger partial charge is 0.313 e. The molecule has 1 atom stereocenters. The van der Waals surface area contributed by atoms with E-state index in [9.17, 15) is 18.8 Å². The van der Waals surface area contributed by atoms with Crippen LogP contribution in [0.15, 0.2) is 42.9 Å². The summed E-state index contributed by atoms with van der Waals surface area (Å²) >= 11 is 0. The van der Waals surface area contributed by atoms with Crippen LogP contribution in [0.4, 0.5) is 15.9 Å². The zero-order valence-corrected chi connectivity index (χ0v) is 18.7. The fraction of sp³-hybridized carbons (Fsp3) is 0.217. The second-order valence-electron chi connectivity index (χ2n) is 7.84. The number of amides is 3. The number of carbonyl (C=O) groups is 3. The third-order valence-corrected chi connectivity index (χ3v) is 5.62. The Kier molecular flexibility index (Phi) is 6.64. The van der Waals surface area contributed by atoms with Gasteiger partial charge in [-0.2, -0.15) is 0 Å². The van der Waals surface area contributed by atoms with Gasteiger partial charge in [0.05, 0.1) is 54.6 Å². The van der Waals surface area contributed by atoms with Crippen molar-refractivity contribution in [3.8, 4) is 0 Å². The van der Waals surface area contributed by atoms with Crippen LogP contribution in [0.1, 0.15) is 45.8 Å². The van der Waals surface area contributed by atoms with Crippen molar-refractivity contribution < 1.29 is 23.5 Å². The molecule has 0 spiro atoms. The van der Waals surface area contributed by atoms with E-state index in [-0.39, 0.29) is 36.8 Å². The van der Waals surface area contributed by atoms with E-state index in [2.05, 4.69) is 20.3 Å². The summed E-state index contributed by atoms with van der Waals surface area (Å²) in [5.41, 5.74) is 13.2. The Balaban J connectivity index is 1.62. The molecule has 3 aromatic heterocycles. The molecule has 11 nitrogen and oxygen atoms in total. The van der Waals surface area contributed by atoms with Gasteiger partial charge in [-0.05, 0) is 31.2 Å². The van der Waals surface area contributed by atoms with Crippen LogP contribution in [0.25, 0.3) is 0 Å². The predicted octanol–water partition coefficient (Wildman–Crippen LogP) is 1.45. The number of pyridine rings is 3. The number of carbonyl (C=O) groups excluding carboxylic acids is 3. The average Bonchev–Trinajstić information content (AvgIpc) is 3.35. The van der Waals surface area contributed by atoms with Crippen LogP contribution in [0.2, 0.25) is 0 Å². The van der Waals surface area contributed by atoms with Gasteiger partial charge in [0, 0.05) is 23.5 Å². The van der Waals surface area contributed by atoms with Crippen molar-refractivity contribution in [3.63, 3.8) is 0 Å². The van der Waals surface area contributed by atoms with Crippen molar-refractivity contribution >= 4 is 29.2 Å². The first-order chi connectivity index (χ1) is 16.8. The summed E-state index contributed by atoms with van der Waals surface area (Å²) in [6.45, 7) is 1.84. The van der Waals surface area contributed by atoms with Gasteiger partial charge < -0.3 is 26.4 Å². The molecule has 1 aliphatic heterocycles. The quantitative estimate of drug-likeness (QED) is 0.447. The molecular formula is C23H22FN7O4. The Morgan fingerprint density at radius 3 is 2.60 bits per heavy atom. The summed E-state index contributed by atoms with van der Waals surface area (Å²) in [4.78, 5) is 51.0. The zero-order valence-electron chi connectivity index (χ0n) is 18.7. The summed E-state index contributed by atoms with van der Waals surface area (Å²) in [6, 6.07) is 4.65. The Bertz CT molecular complexity index is 1300. The highest BCUT2D eigenvalue weighted by molar-refractivity contribution is 6.39. The lowest BCUT2D eigenvalue weighted by Crippen LogP contribution is -2.41. The van der Waals surface area contributed by atoms with Crippen LogP contribution in [0.5, 0.6) is 0 Å². The van der Waals surface area contributed by atoms with Crippen LogP contribution < -0.4 is 16.8 Å². The average molecular weight is 479 g/mol. The summed E-state index contributed by atoms with van der Waals surface area (Å²) in [5, 5.41) is 2.56. The number of halogens is 1. The Morgan fingerprint density at radius 1 is 1.14 bits per heavy atom. The Hall–Kier alpha value is -4.45. The summed E-state index contributed by atoms with van der Waals surface area (Å²) in [7, 11) is 0. The normalized spacial score (nSPS) is 13.1. The molecule has 5 N–H and O–H groups in total. The van der Waals surface area contributed by atoms with Crippen LogP contribution >= 0.6 is 0 Å². The number of nitrogens with zero attached hydrogens (tertiary/aromatic N) is 4. The number of aromatic nitrogens is 3. The number of ether oxygens (including phenoxy) is 1. The number of fused-ring (bicyclic) bond motifs is 1. The van der Waals surface area contributed by atoms with Crippen LogP contribution in [0, 0.1) is 5.82 Å². The lowest BCUT2D eigenvalue weighted by molar-refractivity contribution is -0.145. The number of nitrogen functional groups attached to an aromatic ring is 1. The zero-order chi connectivity index (χ0) is 25.1. The number of primary amides is 1. The monoisotopic (exact) mass is 479 g/mol. The van der Waals surface area contributed by atoms with E-state index in [1.165, 1.54) is 42.9 Å². The summed E-state index contributed by atoms with van der Waals surface area (Å²) < 4.78 is 19.9. The SMILES string of the molecule is CC(c1ncccc1F)N(Cc1ccc(C(N)=O)cn1)C(=O)C(=O)Nc1cnc(N)c2c1COC2. The molecule has 3 aromatic rings. The highest BCUT2D eigenvalue weighted by Crippen LogP contribution is 2.30. The minimum absolute atomic E-state index is 0.0224. The molecule has 1 aliphatic rings. The van der Waals surface area contributed by atoms with Crippen LogP contribution in [0.3, 0.4) is 0 Å². The van der Waals surface area contributed by atoms with Gasteiger partial charge >= 0.3 is 11.8 Å². The molecule has 180 valence electrons. The van der Waals surface area contributed by atoms with Gasteiger partial charge in [0.15, 0.2) is 0 Å². The molecule has 35 heavy (non-hydrogen) atoms. The lowest BCUT2D eigenvalue weighted by Gasteiger charge is -2.28. The summed E-state index contributed by atoms with van der Waals surface area (Å²) in [6.07, 6.45) is 4.00. The third-order valence-electron chi connectivity index (χ3n) is 5.62. The van der Waals surface area contributed by atoms with E-state index in [1.54, 1.807) is 6.92 Å². The number of rotatable bonds is 6. The molecule has 0 aliphatic carbocycles. The fourth-order valence-corrected chi connectivity index (χ4v) is 3.68. The largest absolute Gasteiger partial charge is 0.383 e. The molecule has 4 rings (SSSR count). The molecule has 1 unspecified atom stereocenters. The summed E-state index contributed by atoms with van der Waals surface area (Å²) in [5.74, 6) is -2.93. The van der Waals surface area contributed by atoms with Crippen molar-refractivity contribution in [2.45, 2.75) is 32.7 Å². The minimum atomic E-state index is -0.970. The van der Waals surface area contributed by atoms with Crippen molar-refractivity contribution in [1.29, 1.82) is 0 Å². The molecule has 4 heterocycles. The van der Waals surface area contributed by atoms with E-state index >= 15 is 0 Å². The number of anilines is 2. The van der Waals surface area contributed by atoms with Gasteiger partial charge in [-0.1, -0.05) is 0 Å².